The van der Waals surface area contributed by atoms with Gasteiger partial charge < -0.3 is 4.74 Å². The van der Waals surface area contributed by atoms with E-state index < -0.39 is 23.2 Å². The first-order valence-corrected chi connectivity index (χ1v) is 4.55. The highest BCUT2D eigenvalue weighted by atomic mass is 16.6. The Morgan fingerprint density at radius 1 is 1.39 bits per heavy atom. The van der Waals surface area contributed by atoms with Crippen LogP contribution < -0.4 is 4.74 Å². The van der Waals surface area contributed by atoms with Crippen LogP contribution in [0.5, 0.6) is 5.75 Å². The summed E-state index contributed by atoms with van der Waals surface area (Å²) >= 11 is 0. The minimum Gasteiger partial charge on any atom is -0.421 e. The van der Waals surface area contributed by atoms with E-state index in [1.807, 2.05) is 0 Å². The Balaban J connectivity index is 2.67. The number of nitro benzene ring substituents is 1. The molecule has 0 saturated heterocycles. The molecule has 18 heavy (non-hydrogen) atoms. The van der Waals surface area contributed by atoms with E-state index in [9.17, 15) is 19.7 Å². The van der Waals surface area contributed by atoms with Crippen LogP contribution in [0.4, 0.5) is 5.69 Å². The van der Waals surface area contributed by atoms with Crippen LogP contribution in [-0.2, 0) is 9.59 Å². The van der Waals surface area contributed by atoms with Gasteiger partial charge in [0.15, 0.2) is 0 Å². The maximum atomic E-state index is 11.1. The van der Waals surface area contributed by atoms with Gasteiger partial charge in [-0.3, -0.25) is 14.9 Å². The lowest BCUT2D eigenvalue weighted by Crippen LogP contribution is -2.22. The number of hydrogen-bond donors (Lipinski definition) is 0. The first kappa shape index (κ1) is 13.1. The van der Waals surface area contributed by atoms with Crippen LogP contribution in [0, 0.1) is 10.1 Å². The number of carbonyl (C=O) groups is 2. The minimum absolute atomic E-state index is 0.0140. The van der Waals surface area contributed by atoms with E-state index in [4.69, 9.17) is 5.53 Å². The smallest absolute Gasteiger partial charge is 0.380 e. The van der Waals surface area contributed by atoms with E-state index in [-0.39, 0.29) is 11.4 Å². The zero-order chi connectivity index (χ0) is 13.5. The Bertz CT molecular complexity index is 532. The number of hydrogen-bond acceptors (Lipinski definition) is 6. The third-order valence-corrected chi connectivity index (χ3v) is 1.76. The van der Waals surface area contributed by atoms with Gasteiger partial charge in [-0.15, -0.1) is 0 Å². The van der Waals surface area contributed by atoms with Gasteiger partial charge >= 0.3 is 5.97 Å². The molecule has 0 atom stereocenters. The molecular weight excluding hydrogens is 244 g/mol. The SMILES string of the molecule is [N-]=[N+]=NCC(=O)C(=O)Oc1ccc([N+](=O)[O-])cc1. The van der Waals surface area contributed by atoms with Gasteiger partial charge in [0.2, 0.25) is 5.78 Å². The molecule has 0 aliphatic carbocycles. The lowest BCUT2D eigenvalue weighted by molar-refractivity contribution is -0.384. The monoisotopic (exact) mass is 250 g/mol. The van der Waals surface area contributed by atoms with Crippen molar-refractivity contribution >= 4 is 17.4 Å². The van der Waals surface area contributed by atoms with Crippen LogP contribution in [0.1, 0.15) is 0 Å². The largest absolute Gasteiger partial charge is 0.421 e. The molecule has 0 bridgehead atoms. The fraction of sp³-hybridized carbons (Fsp3) is 0.111. The van der Waals surface area contributed by atoms with Gasteiger partial charge in [-0.1, -0.05) is 5.11 Å². The third-order valence-electron chi connectivity index (χ3n) is 1.76. The molecule has 0 aromatic heterocycles. The molecule has 0 N–H and O–H groups in total. The van der Waals surface area contributed by atoms with Crippen molar-refractivity contribution in [2.75, 3.05) is 6.54 Å². The maximum Gasteiger partial charge on any atom is 0.380 e. The Hall–Kier alpha value is -2.93. The molecule has 9 heteroatoms. The van der Waals surface area contributed by atoms with Gasteiger partial charge in [0.05, 0.1) is 11.5 Å². The van der Waals surface area contributed by atoms with Crippen molar-refractivity contribution in [3.05, 3.63) is 44.8 Å². The second kappa shape index (κ2) is 5.97. The van der Waals surface area contributed by atoms with Crippen LogP contribution in [0.15, 0.2) is 29.4 Å². The average molecular weight is 250 g/mol. The number of Topliss-reactive ketones (excluding diaryl/α,β-unsaturated/α-hetero) is 1. The Kier molecular flexibility index (Phi) is 4.35. The fourth-order valence-electron chi connectivity index (χ4n) is 0.960. The van der Waals surface area contributed by atoms with Crippen molar-refractivity contribution in [2.45, 2.75) is 0 Å². The highest BCUT2D eigenvalue weighted by Crippen LogP contribution is 2.17. The quantitative estimate of drug-likeness (QED) is 0.114. The normalized spacial score (nSPS) is 9.11. The summed E-state index contributed by atoms with van der Waals surface area (Å²) in [7, 11) is 0. The lowest BCUT2D eigenvalue weighted by Gasteiger charge is -2.01. The number of esters is 1. The molecule has 0 saturated carbocycles. The topological polar surface area (TPSA) is 135 Å². The number of ketones is 1. The second-order valence-corrected chi connectivity index (χ2v) is 2.95. The minimum atomic E-state index is -1.20. The van der Waals surface area contributed by atoms with Crippen LogP contribution in [0.3, 0.4) is 0 Å². The van der Waals surface area contributed by atoms with Crippen molar-refractivity contribution in [3.63, 3.8) is 0 Å². The molecule has 0 aliphatic heterocycles. The molecule has 0 amide bonds. The molecule has 1 aromatic carbocycles. The van der Waals surface area contributed by atoms with Crippen molar-refractivity contribution in [1.29, 1.82) is 0 Å². The number of benzene rings is 1. The zero-order valence-corrected chi connectivity index (χ0v) is 8.85. The van der Waals surface area contributed by atoms with Gasteiger partial charge in [0.1, 0.15) is 5.75 Å². The summed E-state index contributed by atoms with van der Waals surface area (Å²) in [4.78, 5) is 34.2. The number of carbonyl (C=O) groups excluding carboxylic acids is 2. The molecule has 0 radical (unpaired) electrons. The van der Waals surface area contributed by atoms with Crippen molar-refractivity contribution < 1.29 is 19.2 Å². The van der Waals surface area contributed by atoms with Crippen molar-refractivity contribution in [1.82, 2.24) is 0 Å². The summed E-state index contributed by atoms with van der Waals surface area (Å²) in [6.07, 6.45) is 0. The Morgan fingerprint density at radius 2 is 2.00 bits per heavy atom. The Morgan fingerprint density at radius 3 is 2.50 bits per heavy atom. The number of nitro groups is 1. The number of nitrogens with zero attached hydrogens (tertiary/aromatic N) is 4. The van der Waals surface area contributed by atoms with Gasteiger partial charge in [0.25, 0.3) is 5.69 Å². The molecule has 0 spiro atoms. The fourth-order valence-corrected chi connectivity index (χ4v) is 0.960. The lowest BCUT2D eigenvalue weighted by atomic mass is 10.3. The molecule has 0 unspecified atom stereocenters. The summed E-state index contributed by atoms with van der Waals surface area (Å²) in [5.41, 5.74) is 7.79. The number of ether oxygens (including phenoxy) is 1. The van der Waals surface area contributed by atoms with Crippen LogP contribution in [0.25, 0.3) is 10.4 Å². The first-order valence-electron chi connectivity index (χ1n) is 4.55. The van der Waals surface area contributed by atoms with Gasteiger partial charge in [-0.05, 0) is 17.7 Å². The molecular formula is C9H6N4O5. The van der Waals surface area contributed by atoms with E-state index >= 15 is 0 Å². The second-order valence-electron chi connectivity index (χ2n) is 2.95. The summed E-state index contributed by atoms with van der Waals surface area (Å²) in [5.74, 6) is -2.22. The average Bonchev–Trinajstić information content (AvgIpc) is 2.36. The van der Waals surface area contributed by atoms with E-state index in [0.29, 0.717) is 0 Å². The van der Waals surface area contributed by atoms with Crippen LogP contribution >= 0.6 is 0 Å². The summed E-state index contributed by atoms with van der Waals surface area (Å²) < 4.78 is 4.61. The van der Waals surface area contributed by atoms with E-state index in [2.05, 4.69) is 14.8 Å². The molecule has 1 aromatic rings. The molecule has 1 rings (SSSR count). The van der Waals surface area contributed by atoms with E-state index in [1.54, 1.807) is 0 Å². The maximum absolute atomic E-state index is 11.1. The highest BCUT2D eigenvalue weighted by Gasteiger charge is 2.15. The zero-order valence-electron chi connectivity index (χ0n) is 8.85. The predicted octanol–water partition coefficient (Wildman–Crippen LogP) is 1.38. The number of azide groups is 1. The number of non-ortho nitro benzene ring substituents is 1. The summed E-state index contributed by atoms with van der Waals surface area (Å²) in [5, 5.41) is 13.3. The predicted molar refractivity (Wildman–Crippen MR) is 57.8 cm³/mol. The number of rotatable bonds is 5. The van der Waals surface area contributed by atoms with Gasteiger partial charge in [0, 0.05) is 17.0 Å². The van der Waals surface area contributed by atoms with Crippen LogP contribution in [0.2, 0.25) is 0 Å². The Labute approximate surface area is 99.7 Å². The standard InChI is InChI=1S/C9H6N4O5/c10-12-11-5-8(14)9(15)18-7-3-1-6(2-4-7)13(16)17/h1-4H,5H2. The van der Waals surface area contributed by atoms with Gasteiger partial charge in [-0.2, -0.15) is 0 Å². The van der Waals surface area contributed by atoms with Crippen molar-refractivity contribution in [3.8, 4) is 5.75 Å². The van der Waals surface area contributed by atoms with Crippen LogP contribution in [-0.4, -0.2) is 23.2 Å². The molecule has 0 aliphatic rings. The van der Waals surface area contributed by atoms with E-state index in [1.165, 1.54) is 12.1 Å². The van der Waals surface area contributed by atoms with Crippen molar-refractivity contribution in [2.24, 2.45) is 5.11 Å². The summed E-state index contributed by atoms with van der Waals surface area (Å²) in [6, 6.07) is 4.61. The molecule has 0 heterocycles. The summed E-state index contributed by atoms with van der Waals surface area (Å²) in [6.45, 7) is -0.637. The molecule has 92 valence electrons. The molecule has 9 nitrogen and oxygen atoms in total. The highest BCUT2D eigenvalue weighted by molar-refractivity contribution is 6.35. The first-order chi connectivity index (χ1) is 8.54. The molecule has 0 fully saturated rings. The third kappa shape index (κ3) is 3.58. The van der Waals surface area contributed by atoms with Gasteiger partial charge in [-0.25, -0.2) is 4.79 Å². The van der Waals surface area contributed by atoms with E-state index in [0.717, 1.165) is 12.1 Å².